The Kier molecular flexibility index (Phi) is 6.59. The fraction of sp³-hybridized carbons (Fsp3) is 0.364. The van der Waals surface area contributed by atoms with Gasteiger partial charge in [0, 0.05) is 62.6 Å². The highest BCUT2D eigenvalue weighted by molar-refractivity contribution is 5.92. The third-order valence-electron chi connectivity index (χ3n) is 5.82. The molecule has 0 bridgehead atoms. The van der Waals surface area contributed by atoms with Gasteiger partial charge in [0.15, 0.2) is 0 Å². The van der Waals surface area contributed by atoms with Crippen molar-refractivity contribution in [2.24, 2.45) is 5.92 Å². The highest BCUT2D eigenvalue weighted by atomic mass is 16.5. The summed E-state index contributed by atoms with van der Waals surface area (Å²) in [4.78, 5) is 34.9. The Hall–Kier alpha value is -3.86. The van der Waals surface area contributed by atoms with E-state index in [0.717, 1.165) is 25.9 Å². The number of amides is 1. The van der Waals surface area contributed by atoms with Gasteiger partial charge in [-0.15, -0.1) is 0 Å². The molecular formula is C22H26N6O5. The van der Waals surface area contributed by atoms with E-state index in [-0.39, 0.29) is 11.3 Å². The van der Waals surface area contributed by atoms with E-state index in [2.05, 4.69) is 9.97 Å². The number of hydroxylamine groups is 1. The number of imidazole rings is 1. The Balaban J connectivity index is 1.40. The summed E-state index contributed by atoms with van der Waals surface area (Å²) in [5, 5.41) is 8.69. The van der Waals surface area contributed by atoms with Crippen molar-refractivity contribution in [3.63, 3.8) is 0 Å². The summed E-state index contributed by atoms with van der Waals surface area (Å²) in [6.45, 7) is 2.12. The van der Waals surface area contributed by atoms with Crippen LogP contribution >= 0.6 is 0 Å². The van der Waals surface area contributed by atoms with Crippen molar-refractivity contribution in [2.45, 2.75) is 19.4 Å². The predicted molar refractivity (Wildman–Crippen MR) is 119 cm³/mol. The van der Waals surface area contributed by atoms with E-state index >= 15 is 0 Å². The largest absolute Gasteiger partial charge is 0.497 e. The molecule has 0 unspecified atom stereocenters. The van der Waals surface area contributed by atoms with Gasteiger partial charge in [0.2, 0.25) is 5.95 Å². The maximum Gasteiger partial charge on any atom is 0.332 e. The van der Waals surface area contributed by atoms with Gasteiger partial charge in [-0.2, -0.15) is 0 Å². The van der Waals surface area contributed by atoms with Crippen molar-refractivity contribution in [2.75, 3.05) is 32.2 Å². The third-order valence-corrected chi connectivity index (χ3v) is 5.82. The molecule has 2 N–H and O–H groups in total. The summed E-state index contributed by atoms with van der Waals surface area (Å²) >= 11 is 0. The predicted octanol–water partition coefficient (Wildman–Crippen LogP) is 1.48. The number of piperidine rings is 1. The SMILES string of the molecule is COc1cc(OC)cc(-n2ccn(CC3CCN(c4ncc(C(=O)NO)cn4)CC3)c2=O)c1. The monoisotopic (exact) mass is 454 g/mol. The van der Waals surface area contributed by atoms with Crippen LogP contribution in [0.5, 0.6) is 11.5 Å². The van der Waals surface area contributed by atoms with Gasteiger partial charge < -0.3 is 14.4 Å². The van der Waals surface area contributed by atoms with Crippen LogP contribution in [0.15, 0.2) is 47.8 Å². The van der Waals surface area contributed by atoms with Crippen LogP contribution in [0.4, 0.5) is 5.95 Å². The summed E-state index contributed by atoms with van der Waals surface area (Å²) < 4.78 is 13.9. The number of hydrogen-bond acceptors (Lipinski definition) is 8. The van der Waals surface area contributed by atoms with Gasteiger partial charge in [0.1, 0.15) is 11.5 Å². The minimum Gasteiger partial charge on any atom is -0.497 e. The van der Waals surface area contributed by atoms with Crippen molar-refractivity contribution in [1.29, 1.82) is 0 Å². The molecule has 0 saturated carbocycles. The summed E-state index contributed by atoms with van der Waals surface area (Å²) in [7, 11) is 3.15. The zero-order chi connectivity index (χ0) is 23.4. The number of carbonyl (C=O) groups excluding carboxylic acids is 1. The van der Waals surface area contributed by atoms with Crippen LogP contribution < -0.4 is 25.5 Å². The molecule has 0 radical (unpaired) electrons. The van der Waals surface area contributed by atoms with Crippen LogP contribution in [0.3, 0.4) is 0 Å². The van der Waals surface area contributed by atoms with E-state index in [0.29, 0.717) is 35.6 Å². The molecule has 1 amide bonds. The van der Waals surface area contributed by atoms with Crippen LogP contribution in [0, 0.1) is 5.92 Å². The normalized spacial score (nSPS) is 14.2. The first-order chi connectivity index (χ1) is 16.0. The fourth-order valence-corrected chi connectivity index (χ4v) is 3.94. The maximum atomic E-state index is 13.0. The molecule has 2 aromatic heterocycles. The standard InChI is InChI=1S/C22H26N6O5/c1-32-18-9-17(10-19(11-18)33-2)28-8-7-27(22(28)30)14-15-3-5-26(6-4-15)21-23-12-16(13-24-21)20(29)25-31/h7-13,15,31H,3-6,14H2,1-2H3,(H,25,29). The fourth-order valence-electron chi connectivity index (χ4n) is 3.94. The molecular weight excluding hydrogens is 428 g/mol. The number of carbonyl (C=O) groups is 1. The van der Waals surface area contributed by atoms with Gasteiger partial charge in [-0.3, -0.25) is 19.1 Å². The Morgan fingerprint density at radius 3 is 2.30 bits per heavy atom. The lowest BCUT2D eigenvalue weighted by atomic mass is 9.97. The number of ether oxygens (including phenoxy) is 2. The topological polar surface area (TPSA) is 124 Å². The lowest BCUT2D eigenvalue weighted by Crippen LogP contribution is -2.37. The number of nitrogens with one attached hydrogen (secondary N) is 1. The van der Waals surface area contributed by atoms with Crippen LogP contribution in [0.2, 0.25) is 0 Å². The second kappa shape index (κ2) is 9.74. The average molecular weight is 454 g/mol. The maximum absolute atomic E-state index is 13.0. The molecule has 11 nitrogen and oxygen atoms in total. The van der Waals surface area contributed by atoms with Gasteiger partial charge in [-0.25, -0.2) is 20.2 Å². The van der Waals surface area contributed by atoms with E-state index in [4.69, 9.17) is 14.7 Å². The minimum atomic E-state index is -0.648. The summed E-state index contributed by atoms with van der Waals surface area (Å²) in [6.07, 6.45) is 8.09. The molecule has 11 heteroatoms. The first-order valence-electron chi connectivity index (χ1n) is 10.5. The van der Waals surface area contributed by atoms with Crippen molar-refractivity contribution < 1.29 is 19.5 Å². The Labute approximate surface area is 190 Å². The van der Waals surface area contributed by atoms with E-state index in [1.165, 1.54) is 12.4 Å². The van der Waals surface area contributed by atoms with Crippen LogP contribution in [0.25, 0.3) is 5.69 Å². The number of nitrogens with zero attached hydrogens (tertiary/aromatic N) is 5. The first kappa shape index (κ1) is 22.3. The van der Waals surface area contributed by atoms with Crippen molar-refractivity contribution >= 4 is 11.9 Å². The molecule has 33 heavy (non-hydrogen) atoms. The number of anilines is 1. The smallest absolute Gasteiger partial charge is 0.332 e. The number of benzene rings is 1. The quantitative estimate of drug-likeness (QED) is 0.406. The molecule has 4 rings (SSSR count). The van der Waals surface area contributed by atoms with Crippen LogP contribution in [0.1, 0.15) is 23.2 Å². The molecule has 1 aromatic carbocycles. The molecule has 1 aliphatic rings. The highest BCUT2D eigenvalue weighted by Gasteiger charge is 2.22. The summed E-state index contributed by atoms with van der Waals surface area (Å²) in [5.41, 5.74) is 2.32. The lowest BCUT2D eigenvalue weighted by molar-refractivity contribution is 0.0705. The summed E-state index contributed by atoms with van der Waals surface area (Å²) in [5.74, 6) is 1.46. The molecule has 1 fully saturated rings. The van der Waals surface area contributed by atoms with Gasteiger partial charge in [0.25, 0.3) is 5.91 Å². The molecule has 0 spiro atoms. The van der Waals surface area contributed by atoms with Gasteiger partial charge in [0.05, 0.1) is 25.5 Å². The Morgan fingerprint density at radius 2 is 1.73 bits per heavy atom. The van der Waals surface area contributed by atoms with E-state index in [1.807, 2.05) is 4.90 Å². The van der Waals surface area contributed by atoms with Gasteiger partial charge in [-0.05, 0) is 18.8 Å². The molecule has 0 atom stereocenters. The summed E-state index contributed by atoms with van der Waals surface area (Å²) in [6, 6.07) is 5.35. The molecule has 1 aliphatic heterocycles. The number of methoxy groups -OCH3 is 2. The molecule has 3 aromatic rings. The van der Waals surface area contributed by atoms with Gasteiger partial charge in [-0.1, -0.05) is 0 Å². The van der Waals surface area contributed by atoms with E-state index in [9.17, 15) is 9.59 Å². The molecule has 174 valence electrons. The minimum absolute atomic E-state index is 0.117. The number of rotatable bonds is 7. The molecule has 0 aliphatic carbocycles. The van der Waals surface area contributed by atoms with E-state index < -0.39 is 5.91 Å². The van der Waals surface area contributed by atoms with Crippen molar-refractivity contribution in [3.8, 4) is 17.2 Å². The second-order valence-electron chi connectivity index (χ2n) is 7.82. The van der Waals surface area contributed by atoms with Crippen molar-refractivity contribution in [1.82, 2.24) is 24.6 Å². The second-order valence-corrected chi connectivity index (χ2v) is 7.82. The average Bonchev–Trinajstić information content (AvgIpc) is 3.23. The van der Waals surface area contributed by atoms with Gasteiger partial charge >= 0.3 is 5.69 Å². The van der Waals surface area contributed by atoms with Crippen LogP contribution in [-0.2, 0) is 6.54 Å². The van der Waals surface area contributed by atoms with Crippen molar-refractivity contribution in [3.05, 3.63) is 59.0 Å². The first-order valence-corrected chi connectivity index (χ1v) is 10.5. The molecule has 3 heterocycles. The van der Waals surface area contributed by atoms with Crippen LogP contribution in [-0.4, -0.2) is 57.5 Å². The molecule has 1 saturated heterocycles. The highest BCUT2D eigenvalue weighted by Crippen LogP contribution is 2.25. The third kappa shape index (κ3) is 4.82. The number of aromatic nitrogens is 4. The zero-order valence-corrected chi connectivity index (χ0v) is 18.5. The van der Waals surface area contributed by atoms with E-state index in [1.54, 1.807) is 59.4 Å². The lowest BCUT2D eigenvalue weighted by Gasteiger charge is -2.31. The Bertz CT molecular complexity index is 1140. The number of hydrogen-bond donors (Lipinski definition) is 2. The zero-order valence-electron chi connectivity index (χ0n) is 18.5. The Morgan fingerprint density at radius 1 is 1.09 bits per heavy atom.